The van der Waals surface area contributed by atoms with Gasteiger partial charge in [-0.15, -0.1) is 11.8 Å². The highest BCUT2D eigenvalue weighted by Gasteiger charge is 2.43. The zero-order valence-electron chi connectivity index (χ0n) is 9.92. The van der Waals surface area contributed by atoms with Crippen LogP contribution < -0.4 is 0 Å². The summed E-state index contributed by atoms with van der Waals surface area (Å²) in [4.78, 5) is 17.6. The Morgan fingerprint density at radius 1 is 1.17 bits per heavy atom. The summed E-state index contributed by atoms with van der Waals surface area (Å²) in [5.74, 6) is 0.649. The van der Waals surface area contributed by atoms with Crippen LogP contribution >= 0.6 is 19.4 Å². The maximum atomic E-state index is 10.8. The summed E-state index contributed by atoms with van der Waals surface area (Å²) in [6.45, 7) is 1.85. The van der Waals surface area contributed by atoms with Crippen molar-refractivity contribution in [2.75, 3.05) is 11.9 Å². The van der Waals surface area contributed by atoms with Gasteiger partial charge in [0.1, 0.15) is 23.7 Å². The van der Waals surface area contributed by atoms with Crippen molar-refractivity contribution in [2.24, 2.45) is 0 Å². The lowest BCUT2D eigenvalue weighted by atomic mass is 9.98. The molecule has 1 fully saturated rings. The second-order valence-electron chi connectivity index (χ2n) is 4.15. The maximum absolute atomic E-state index is 10.8. The first-order valence-electron chi connectivity index (χ1n) is 5.62. The molecule has 0 saturated carbocycles. The molecule has 0 radical (unpaired) electrons. The van der Waals surface area contributed by atoms with Gasteiger partial charge in [-0.25, -0.2) is 0 Å². The lowest BCUT2D eigenvalue weighted by Gasteiger charge is -2.40. The molecule has 1 unspecified atom stereocenters. The van der Waals surface area contributed by atoms with Crippen molar-refractivity contribution in [3.8, 4) is 0 Å². The molecule has 0 spiro atoms. The Morgan fingerprint density at radius 2 is 1.78 bits per heavy atom. The maximum Gasteiger partial charge on any atom is 0.325 e. The van der Waals surface area contributed by atoms with E-state index < -0.39 is 43.6 Å². The minimum Gasteiger partial charge on any atom is -0.388 e. The van der Waals surface area contributed by atoms with E-state index in [0.717, 1.165) is 0 Å². The largest absolute Gasteiger partial charge is 0.388 e. The summed E-state index contributed by atoms with van der Waals surface area (Å²) in [5, 5.41) is 29.0. The van der Waals surface area contributed by atoms with E-state index in [9.17, 15) is 19.9 Å². The van der Waals surface area contributed by atoms with Gasteiger partial charge >= 0.3 is 7.60 Å². The van der Waals surface area contributed by atoms with Crippen LogP contribution in [0.5, 0.6) is 0 Å². The van der Waals surface area contributed by atoms with Crippen LogP contribution in [0.2, 0.25) is 0 Å². The fourth-order valence-corrected chi connectivity index (χ4v) is 3.25. The van der Waals surface area contributed by atoms with Gasteiger partial charge in [-0.1, -0.05) is 6.92 Å². The van der Waals surface area contributed by atoms with Crippen LogP contribution in [0.25, 0.3) is 0 Å². The summed E-state index contributed by atoms with van der Waals surface area (Å²) >= 11 is 1.27. The molecular weight excluding hydrogens is 283 g/mol. The van der Waals surface area contributed by atoms with Crippen molar-refractivity contribution < 1.29 is 34.4 Å². The SMILES string of the molecule is CCSC1O[C@H](CCP(=O)(O)O)[C@@H](O)[C@H](O)[C@@H]1O. The molecule has 1 aliphatic heterocycles. The molecule has 18 heavy (non-hydrogen) atoms. The fourth-order valence-electron chi connectivity index (χ4n) is 1.75. The van der Waals surface area contributed by atoms with Gasteiger partial charge in [0.25, 0.3) is 0 Å². The number of aliphatic hydroxyl groups excluding tert-OH is 3. The lowest BCUT2D eigenvalue weighted by molar-refractivity contribution is -0.197. The molecule has 1 heterocycles. The number of thioether (sulfide) groups is 1. The molecule has 5 atom stereocenters. The predicted molar refractivity (Wildman–Crippen MR) is 66.3 cm³/mol. The van der Waals surface area contributed by atoms with E-state index >= 15 is 0 Å². The third kappa shape index (κ3) is 4.47. The molecule has 0 aromatic carbocycles. The van der Waals surface area contributed by atoms with Crippen LogP contribution in [-0.4, -0.2) is 66.9 Å². The van der Waals surface area contributed by atoms with Gasteiger partial charge in [-0.3, -0.25) is 4.57 Å². The van der Waals surface area contributed by atoms with Crippen LogP contribution in [0.4, 0.5) is 0 Å². The Morgan fingerprint density at radius 3 is 2.28 bits per heavy atom. The number of ether oxygens (including phenoxy) is 1. The number of hydrogen-bond acceptors (Lipinski definition) is 6. The normalized spacial score (nSPS) is 37.8. The molecule has 1 rings (SSSR count). The van der Waals surface area contributed by atoms with E-state index in [1.54, 1.807) is 0 Å². The van der Waals surface area contributed by atoms with E-state index in [2.05, 4.69) is 0 Å². The first kappa shape index (κ1) is 16.4. The fraction of sp³-hybridized carbons (Fsp3) is 1.00. The predicted octanol–water partition coefficient (Wildman–Crippen LogP) is -0.885. The van der Waals surface area contributed by atoms with Crippen molar-refractivity contribution in [3.63, 3.8) is 0 Å². The molecule has 5 N–H and O–H groups in total. The number of aliphatic hydroxyl groups is 3. The Labute approximate surface area is 109 Å². The van der Waals surface area contributed by atoms with Gasteiger partial charge in [0.05, 0.1) is 12.3 Å². The first-order chi connectivity index (χ1) is 8.26. The van der Waals surface area contributed by atoms with Crippen molar-refractivity contribution >= 4 is 19.4 Å². The molecule has 0 aromatic rings. The summed E-state index contributed by atoms with van der Waals surface area (Å²) in [6, 6.07) is 0. The smallest absolute Gasteiger partial charge is 0.325 e. The third-order valence-corrected chi connectivity index (χ3v) is 4.60. The van der Waals surface area contributed by atoms with Crippen LogP contribution in [0.3, 0.4) is 0 Å². The average molecular weight is 302 g/mol. The highest BCUT2D eigenvalue weighted by atomic mass is 32.2. The highest BCUT2D eigenvalue weighted by molar-refractivity contribution is 7.99. The van der Waals surface area contributed by atoms with Crippen molar-refractivity contribution in [3.05, 3.63) is 0 Å². The topological polar surface area (TPSA) is 127 Å². The lowest BCUT2D eigenvalue weighted by Crippen LogP contribution is -2.56. The zero-order chi connectivity index (χ0) is 13.9. The summed E-state index contributed by atoms with van der Waals surface area (Å²) in [5.41, 5.74) is -0.699. The van der Waals surface area contributed by atoms with Gasteiger partial charge in [-0.05, 0) is 12.2 Å². The molecule has 0 amide bonds. The second kappa shape index (κ2) is 6.67. The summed E-state index contributed by atoms with van der Waals surface area (Å²) < 4.78 is 16.2. The molecular formula is C9H19O7PS. The van der Waals surface area contributed by atoms with Crippen molar-refractivity contribution in [1.82, 2.24) is 0 Å². The zero-order valence-corrected chi connectivity index (χ0v) is 11.6. The minimum atomic E-state index is -4.17. The minimum absolute atomic E-state index is 0.0734. The van der Waals surface area contributed by atoms with E-state index in [-0.39, 0.29) is 6.42 Å². The van der Waals surface area contributed by atoms with E-state index in [1.807, 2.05) is 6.92 Å². The highest BCUT2D eigenvalue weighted by Crippen LogP contribution is 2.38. The third-order valence-electron chi connectivity index (χ3n) is 2.70. The molecule has 7 nitrogen and oxygen atoms in total. The van der Waals surface area contributed by atoms with Gasteiger partial charge in [0, 0.05) is 0 Å². The molecule has 0 bridgehead atoms. The molecule has 0 aliphatic carbocycles. The van der Waals surface area contributed by atoms with E-state index in [0.29, 0.717) is 5.75 Å². The Bertz CT molecular complexity index is 309. The Kier molecular flexibility index (Phi) is 6.08. The van der Waals surface area contributed by atoms with Crippen LogP contribution in [0, 0.1) is 0 Å². The van der Waals surface area contributed by atoms with Gasteiger partial charge < -0.3 is 29.8 Å². The van der Waals surface area contributed by atoms with Gasteiger partial charge in [0.2, 0.25) is 0 Å². The van der Waals surface area contributed by atoms with Gasteiger partial charge in [-0.2, -0.15) is 0 Å². The van der Waals surface area contributed by atoms with Crippen LogP contribution in [0.15, 0.2) is 0 Å². The van der Waals surface area contributed by atoms with E-state index in [4.69, 9.17) is 14.5 Å². The Balaban J connectivity index is 2.64. The standard InChI is InChI=1S/C9H19O7PS/c1-2-18-9-8(12)7(11)6(10)5(16-9)3-4-17(13,14)15/h5-12H,2-4H2,1H3,(H2,13,14,15)/t5-,6-,7+,8+,9?/m1/s1. The van der Waals surface area contributed by atoms with Gasteiger partial charge in [0.15, 0.2) is 0 Å². The quantitative estimate of drug-likeness (QED) is 0.414. The summed E-state index contributed by atoms with van der Waals surface area (Å²) in [6.07, 6.45) is -5.32. The molecule has 1 aliphatic rings. The molecule has 108 valence electrons. The average Bonchev–Trinajstić information content (AvgIpc) is 2.27. The van der Waals surface area contributed by atoms with E-state index in [1.165, 1.54) is 11.8 Å². The first-order valence-corrected chi connectivity index (χ1v) is 8.46. The molecule has 0 aromatic heterocycles. The summed E-state index contributed by atoms with van der Waals surface area (Å²) in [7, 11) is -4.17. The van der Waals surface area contributed by atoms with Crippen molar-refractivity contribution in [2.45, 2.75) is 43.2 Å². The molecule has 1 saturated heterocycles. The monoisotopic (exact) mass is 302 g/mol. The van der Waals surface area contributed by atoms with Crippen LogP contribution in [-0.2, 0) is 9.30 Å². The van der Waals surface area contributed by atoms with Crippen LogP contribution in [0.1, 0.15) is 13.3 Å². The second-order valence-corrected chi connectivity index (χ2v) is 7.30. The number of rotatable bonds is 5. The van der Waals surface area contributed by atoms with Crippen molar-refractivity contribution in [1.29, 1.82) is 0 Å². The number of hydrogen-bond donors (Lipinski definition) is 5. The molecule has 9 heteroatoms. The Hall–Kier alpha value is 0.340.